The highest BCUT2D eigenvalue weighted by atomic mass is 35.5. The second-order valence-corrected chi connectivity index (χ2v) is 10.1. The van der Waals surface area contributed by atoms with Crippen molar-refractivity contribution in [1.29, 1.82) is 0 Å². The number of nitrogens with zero attached hydrogens (tertiary/aromatic N) is 1. The van der Waals surface area contributed by atoms with Gasteiger partial charge in [-0.3, -0.25) is 9.59 Å². The summed E-state index contributed by atoms with van der Waals surface area (Å²) in [5.41, 5.74) is 7.12. The van der Waals surface area contributed by atoms with Crippen LogP contribution in [0.25, 0.3) is 27.8 Å². The minimum Gasteiger partial charge on any atom is -0.507 e. The predicted octanol–water partition coefficient (Wildman–Crippen LogP) is 7.01. The number of phenolic OH excluding ortho intramolecular Hbond substituents is 1. The summed E-state index contributed by atoms with van der Waals surface area (Å²) in [6, 6.07) is 24.3. The molecule has 0 saturated heterocycles. The Balaban J connectivity index is 1.42. The zero-order valence-corrected chi connectivity index (χ0v) is 22.9. The van der Waals surface area contributed by atoms with Crippen molar-refractivity contribution in [3.63, 3.8) is 0 Å². The summed E-state index contributed by atoms with van der Waals surface area (Å²) in [6.07, 6.45) is 3.05. The standard InChI is InChI=1S/C33H28ClNO5/c1-35-29-19-28(34)26(22-13-11-21(12-14-22)24-7-3-4-9-30(24)36)18-27(29)25(33(35)39)8-5-6-20-10-15-31(40-2)23(16-20)17-32(37)38/h3-4,7-16,18-19,36H,5-6,17H2,1-2H3,(H,37,38)/b25-8-. The van der Waals surface area contributed by atoms with Gasteiger partial charge in [0.15, 0.2) is 0 Å². The average molecular weight is 554 g/mol. The maximum Gasteiger partial charge on any atom is 0.307 e. The van der Waals surface area contributed by atoms with E-state index in [9.17, 15) is 19.8 Å². The Morgan fingerprint density at radius 1 is 0.950 bits per heavy atom. The minimum atomic E-state index is -0.920. The van der Waals surface area contributed by atoms with Crippen molar-refractivity contribution >= 4 is 34.7 Å². The minimum absolute atomic E-state index is 0.0978. The summed E-state index contributed by atoms with van der Waals surface area (Å²) in [7, 11) is 3.26. The third-order valence-electron chi connectivity index (χ3n) is 7.15. The number of aliphatic carboxylic acids is 1. The van der Waals surface area contributed by atoms with Gasteiger partial charge in [-0.05, 0) is 53.8 Å². The van der Waals surface area contributed by atoms with E-state index in [-0.39, 0.29) is 18.1 Å². The number of likely N-dealkylation sites (N-methyl/N-ethyl adjacent to an activating group) is 1. The van der Waals surface area contributed by atoms with Gasteiger partial charge >= 0.3 is 5.97 Å². The number of carboxylic acid groups (broad SMARTS) is 1. The Hall–Kier alpha value is -4.55. The van der Waals surface area contributed by atoms with Gasteiger partial charge in [0, 0.05) is 34.9 Å². The molecule has 7 heteroatoms. The number of allylic oxidation sites excluding steroid dienone is 1. The van der Waals surface area contributed by atoms with Crippen LogP contribution < -0.4 is 9.64 Å². The molecule has 0 fully saturated rings. The molecular formula is C33H28ClNO5. The number of aromatic hydroxyl groups is 1. The molecule has 1 heterocycles. The lowest BCUT2D eigenvalue weighted by Gasteiger charge is -2.12. The van der Waals surface area contributed by atoms with E-state index in [0.29, 0.717) is 34.8 Å². The number of para-hydroxylation sites is 1. The van der Waals surface area contributed by atoms with Gasteiger partial charge < -0.3 is 19.8 Å². The lowest BCUT2D eigenvalue weighted by atomic mass is 9.96. The fourth-order valence-corrected chi connectivity index (χ4v) is 5.37. The van der Waals surface area contributed by atoms with E-state index in [2.05, 4.69) is 0 Å². The summed E-state index contributed by atoms with van der Waals surface area (Å²) in [5, 5.41) is 20.0. The highest BCUT2D eigenvalue weighted by Gasteiger charge is 2.30. The van der Waals surface area contributed by atoms with E-state index in [1.54, 1.807) is 30.1 Å². The van der Waals surface area contributed by atoms with Crippen LogP contribution in [0.3, 0.4) is 0 Å². The summed E-state index contributed by atoms with van der Waals surface area (Å²) in [4.78, 5) is 26.0. The molecule has 0 aliphatic carbocycles. The number of fused-ring (bicyclic) bond motifs is 1. The predicted molar refractivity (Wildman–Crippen MR) is 158 cm³/mol. The van der Waals surface area contributed by atoms with Gasteiger partial charge in [-0.1, -0.05) is 72.3 Å². The molecule has 4 aromatic carbocycles. The van der Waals surface area contributed by atoms with Crippen LogP contribution in [-0.2, 0) is 22.4 Å². The molecule has 0 unspecified atom stereocenters. The number of halogens is 1. The van der Waals surface area contributed by atoms with Crippen molar-refractivity contribution in [2.45, 2.75) is 19.3 Å². The Bertz CT molecular complexity index is 1640. The molecule has 0 spiro atoms. The molecule has 1 aliphatic rings. The molecule has 0 radical (unpaired) electrons. The van der Waals surface area contributed by atoms with Crippen LogP contribution in [0.4, 0.5) is 5.69 Å². The molecule has 1 amide bonds. The Morgan fingerprint density at radius 3 is 2.33 bits per heavy atom. The van der Waals surface area contributed by atoms with E-state index < -0.39 is 5.97 Å². The quantitative estimate of drug-likeness (QED) is 0.229. The largest absolute Gasteiger partial charge is 0.507 e. The number of carboxylic acids is 1. The normalized spacial score (nSPS) is 13.5. The van der Waals surface area contributed by atoms with Crippen LogP contribution in [0, 0.1) is 0 Å². The van der Waals surface area contributed by atoms with Gasteiger partial charge in [-0.2, -0.15) is 0 Å². The van der Waals surface area contributed by atoms with Crippen LogP contribution in [-0.4, -0.2) is 36.2 Å². The molecule has 40 heavy (non-hydrogen) atoms. The van der Waals surface area contributed by atoms with Crippen LogP contribution >= 0.6 is 11.6 Å². The molecule has 0 bridgehead atoms. The average Bonchev–Trinajstić information content (AvgIpc) is 3.17. The number of phenols is 1. The molecule has 4 aromatic rings. The van der Waals surface area contributed by atoms with Gasteiger partial charge in [-0.15, -0.1) is 0 Å². The fourth-order valence-electron chi connectivity index (χ4n) is 5.10. The number of carbonyl (C=O) groups is 2. The molecule has 5 rings (SSSR count). The maximum absolute atomic E-state index is 13.2. The summed E-state index contributed by atoms with van der Waals surface area (Å²) < 4.78 is 5.30. The van der Waals surface area contributed by atoms with Gasteiger partial charge in [0.1, 0.15) is 11.5 Å². The molecule has 0 aromatic heterocycles. The lowest BCUT2D eigenvalue weighted by molar-refractivity contribution is -0.136. The third-order valence-corrected chi connectivity index (χ3v) is 7.46. The van der Waals surface area contributed by atoms with Crippen LogP contribution in [0.1, 0.15) is 23.1 Å². The summed E-state index contributed by atoms with van der Waals surface area (Å²) >= 11 is 6.70. The Kier molecular flexibility index (Phi) is 7.63. The van der Waals surface area contributed by atoms with Crippen molar-refractivity contribution < 1.29 is 24.5 Å². The van der Waals surface area contributed by atoms with Gasteiger partial charge in [0.2, 0.25) is 0 Å². The smallest absolute Gasteiger partial charge is 0.307 e. The SMILES string of the molecule is COc1ccc(CC/C=C2\C(=O)N(C)c3cc(Cl)c(-c4ccc(-c5ccccc5O)cc4)cc32)cc1CC(=O)O. The molecular weight excluding hydrogens is 526 g/mol. The first-order valence-electron chi connectivity index (χ1n) is 12.9. The second-order valence-electron chi connectivity index (χ2n) is 9.68. The van der Waals surface area contributed by atoms with Crippen LogP contribution in [0.5, 0.6) is 11.5 Å². The van der Waals surface area contributed by atoms with Crippen molar-refractivity contribution in [2.24, 2.45) is 0 Å². The number of anilines is 1. The van der Waals surface area contributed by atoms with Crippen LogP contribution in [0.2, 0.25) is 5.02 Å². The first kappa shape index (κ1) is 27.0. The number of amides is 1. The first-order chi connectivity index (χ1) is 19.3. The number of carbonyl (C=O) groups excluding carboxylic acids is 1. The van der Waals surface area contributed by atoms with Gasteiger partial charge in [-0.25, -0.2) is 0 Å². The van der Waals surface area contributed by atoms with Crippen molar-refractivity contribution in [3.8, 4) is 33.8 Å². The molecule has 202 valence electrons. The Morgan fingerprint density at radius 2 is 1.65 bits per heavy atom. The van der Waals surface area contributed by atoms with E-state index in [1.807, 2.05) is 66.7 Å². The number of aryl methyl sites for hydroxylation is 1. The van der Waals surface area contributed by atoms with Gasteiger partial charge in [0.05, 0.1) is 24.2 Å². The summed E-state index contributed by atoms with van der Waals surface area (Å²) in [6.45, 7) is 0. The highest BCUT2D eigenvalue weighted by Crippen LogP contribution is 2.43. The van der Waals surface area contributed by atoms with E-state index >= 15 is 0 Å². The number of benzene rings is 4. The monoisotopic (exact) mass is 553 g/mol. The van der Waals surface area contributed by atoms with Crippen LogP contribution in [0.15, 0.2) is 84.9 Å². The van der Waals surface area contributed by atoms with Crippen molar-refractivity contribution in [2.75, 3.05) is 19.1 Å². The summed E-state index contributed by atoms with van der Waals surface area (Å²) in [5.74, 6) is -0.255. The van der Waals surface area contributed by atoms with Gasteiger partial charge in [0.25, 0.3) is 5.91 Å². The second kappa shape index (κ2) is 11.3. The van der Waals surface area contributed by atoms with E-state index in [1.165, 1.54) is 7.11 Å². The maximum atomic E-state index is 13.2. The molecule has 6 nitrogen and oxygen atoms in total. The first-order valence-corrected chi connectivity index (χ1v) is 13.2. The third kappa shape index (κ3) is 5.31. The molecule has 0 atom stereocenters. The zero-order chi connectivity index (χ0) is 28.4. The molecule has 1 aliphatic heterocycles. The number of rotatable bonds is 8. The van der Waals surface area contributed by atoms with Crippen molar-refractivity contribution in [3.05, 3.63) is 107 Å². The van der Waals surface area contributed by atoms with E-state index in [0.717, 1.165) is 39.1 Å². The topological polar surface area (TPSA) is 87.1 Å². The number of hydrogen-bond acceptors (Lipinski definition) is 4. The number of methoxy groups -OCH3 is 1. The molecule has 0 saturated carbocycles. The lowest BCUT2D eigenvalue weighted by Crippen LogP contribution is -2.20. The van der Waals surface area contributed by atoms with Crippen molar-refractivity contribution in [1.82, 2.24) is 0 Å². The molecule has 2 N–H and O–H groups in total. The zero-order valence-electron chi connectivity index (χ0n) is 22.1. The number of ether oxygens (including phenoxy) is 1. The Labute approximate surface area is 237 Å². The van der Waals surface area contributed by atoms with E-state index in [4.69, 9.17) is 16.3 Å². The fraction of sp³-hybridized carbons (Fsp3) is 0.152. The highest BCUT2D eigenvalue weighted by molar-refractivity contribution is 6.37. The number of hydrogen-bond donors (Lipinski definition) is 2.